The van der Waals surface area contributed by atoms with Gasteiger partial charge >= 0.3 is 11.9 Å². The van der Waals surface area contributed by atoms with Crippen LogP contribution in [0.3, 0.4) is 0 Å². The molecule has 0 saturated heterocycles. The molecule has 0 spiro atoms. The van der Waals surface area contributed by atoms with E-state index in [0.29, 0.717) is 35.8 Å². The topological polar surface area (TPSA) is 66.7 Å². The molecule has 0 N–H and O–H groups in total. The minimum Gasteiger partial charge on any atom is -0.463 e. The van der Waals surface area contributed by atoms with Gasteiger partial charge in [-0.2, -0.15) is 0 Å². The summed E-state index contributed by atoms with van der Waals surface area (Å²) in [4.78, 5) is 25.2. The Bertz CT molecular complexity index is 516. The molecule has 0 aromatic heterocycles. The van der Waals surface area contributed by atoms with Crippen LogP contribution in [-0.4, -0.2) is 25.2 Å². The van der Waals surface area contributed by atoms with Crippen LogP contribution in [0.1, 0.15) is 59.8 Å². The molecule has 1 saturated carbocycles. The predicted molar refractivity (Wildman–Crippen MR) is 90.9 cm³/mol. The summed E-state index contributed by atoms with van der Waals surface area (Å²) in [6.45, 7) is 7.85. The minimum absolute atomic E-state index is 0.262. The number of carbonyl (C=O) groups is 2. The number of ether oxygens (including phenoxy) is 2. The third-order valence-corrected chi connectivity index (χ3v) is 4.85. The molecular weight excluding hydrogens is 306 g/mol. The molecule has 1 aliphatic heterocycles. The Morgan fingerprint density at radius 1 is 0.917 bits per heavy atom. The van der Waals surface area contributed by atoms with Crippen molar-refractivity contribution in [1.82, 2.24) is 5.32 Å². The van der Waals surface area contributed by atoms with Gasteiger partial charge in [0.15, 0.2) is 0 Å². The first-order valence-electron chi connectivity index (χ1n) is 8.98. The van der Waals surface area contributed by atoms with Crippen LogP contribution in [0.5, 0.6) is 0 Å². The number of allylic oxidation sites excluding steroid dienone is 2. The number of carbonyl (C=O) groups excluding carboxylic acids is 2. The van der Waals surface area contributed by atoms with Crippen molar-refractivity contribution in [3.63, 3.8) is 0 Å². The van der Waals surface area contributed by atoms with Crippen molar-refractivity contribution in [3.8, 4) is 0 Å². The molecular formula is C19H28NO4. The zero-order chi connectivity index (χ0) is 17.7. The average Bonchev–Trinajstić information content (AvgIpc) is 2.55. The molecule has 0 atom stereocenters. The van der Waals surface area contributed by atoms with Crippen LogP contribution in [0.2, 0.25) is 0 Å². The summed E-state index contributed by atoms with van der Waals surface area (Å²) in [6, 6.07) is 0. The van der Waals surface area contributed by atoms with Crippen molar-refractivity contribution in [2.45, 2.75) is 59.8 Å². The van der Waals surface area contributed by atoms with Gasteiger partial charge in [0.25, 0.3) is 0 Å². The van der Waals surface area contributed by atoms with Crippen LogP contribution >= 0.6 is 0 Å². The van der Waals surface area contributed by atoms with Crippen molar-refractivity contribution < 1.29 is 19.1 Å². The molecule has 2 aliphatic rings. The summed E-state index contributed by atoms with van der Waals surface area (Å²) < 4.78 is 10.5. The molecule has 0 aromatic carbocycles. The van der Waals surface area contributed by atoms with E-state index in [1.165, 1.54) is 6.42 Å². The second-order valence-electron chi connectivity index (χ2n) is 6.43. The van der Waals surface area contributed by atoms with Gasteiger partial charge in [-0.15, -0.1) is 0 Å². The number of esters is 2. The molecule has 0 amide bonds. The van der Waals surface area contributed by atoms with Crippen molar-refractivity contribution in [2.75, 3.05) is 13.2 Å². The SMILES string of the molecule is CCOC(=O)C1=C(C)[N]C(C)=C(C(=O)OCC)C1C1CCCCC1. The third kappa shape index (κ3) is 3.82. The zero-order valence-corrected chi connectivity index (χ0v) is 15.2. The molecule has 1 heterocycles. The molecule has 0 bridgehead atoms. The average molecular weight is 334 g/mol. The lowest BCUT2D eigenvalue weighted by Crippen LogP contribution is -2.36. The van der Waals surface area contributed by atoms with E-state index >= 15 is 0 Å². The van der Waals surface area contributed by atoms with Crippen LogP contribution in [-0.2, 0) is 19.1 Å². The van der Waals surface area contributed by atoms with Crippen molar-refractivity contribution in [1.29, 1.82) is 0 Å². The Labute approximate surface area is 144 Å². The van der Waals surface area contributed by atoms with E-state index in [0.717, 1.165) is 25.7 Å². The van der Waals surface area contributed by atoms with E-state index < -0.39 is 0 Å². The Morgan fingerprint density at radius 2 is 1.38 bits per heavy atom. The fourth-order valence-electron chi connectivity index (χ4n) is 3.87. The van der Waals surface area contributed by atoms with Crippen molar-refractivity contribution in [3.05, 3.63) is 22.5 Å². The summed E-state index contributed by atoms with van der Waals surface area (Å²) >= 11 is 0. The third-order valence-electron chi connectivity index (χ3n) is 4.85. The van der Waals surface area contributed by atoms with Gasteiger partial charge in [-0.3, -0.25) is 5.32 Å². The fourth-order valence-corrected chi connectivity index (χ4v) is 3.87. The number of hydrogen-bond donors (Lipinski definition) is 0. The van der Waals surface area contributed by atoms with Crippen molar-refractivity contribution >= 4 is 11.9 Å². The van der Waals surface area contributed by atoms with Gasteiger partial charge in [-0.05, 0) is 46.5 Å². The largest absolute Gasteiger partial charge is 0.463 e. The maximum Gasteiger partial charge on any atom is 0.336 e. The van der Waals surface area contributed by atoms with E-state index in [9.17, 15) is 9.59 Å². The molecule has 1 fully saturated rings. The van der Waals surface area contributed by atoms with Crippen LogP contribution in [0.4, 0.5) is 0 Å². The van der Waals surface area contributed by atoms with E-state index in [-0.39, 0.29) is 23.8 Å². The number of nitrogens with zero attached hydrogens (tertiary/aromatic N) is 1. The lowest BCUT2D eigenvalue weighted by atomic mass is 9.71. The minimum atomic E-state index is -0.358. The first kappa shape index (κ1) is 18.6. The zero-order valence-electron chi connectivity index (χ0n) is 15.2. The van der Waals surface area contributed by atoms with Gasteiger partial charge < -0.3 is 9.47 Å². The van der Waals surface area contributed by atoms with Crippen LogP contribution in [0, 0.1) is 11.8 Å². The van der Waals surface area contributed by atoms with Crippen LogP contribution in [0.25, 0.3) is 0 Å². The maximum atomic E-state index is 12.6. The highest BCUT2D eigenvalue weighted by atomic mass is 16.5. The molecule has 24 heavy (non-hydrogen) atoms. The standard InChI is InChI=1S/C19H28NO4/c1-5-23-18(21)15-12(3)20-13(4)16(19(22)24-6-2)17(15)14-10-8-7-9-11-14/h14,17H,5-11H2,1-4H3. The van der Waals surface area contributed by atoms with Gasteiger partial charge in [0.1, 0.15) is 0 Å². The van der Waals surface area contributed by atoms with Crippen LogP contribution in [0.15, 0.2) is 22.5 Å². The Hall–Kier alpha value is -1.78. The second kappa shape index (κ2) is 8.36. The molecule has 5 heteroatoms. The Kier molecular flexibility index (Phi) is 6.46. The van der Waals surface area contributed by atoms with E-state index in [4.69, 9.17) is 9.47 Å². The fraction of sp³-hybridized carbons (Fsp3) is 0.684. The molecule has 1 radical (unpaired) electrons. The Balaban J connectivity index is 2.45. The van der Waals surface area contributed by atoms with Gasteiger partial charge in [0, 0.05) is 17.3 Å². The van der Waals surface area contributed by atoms with Gasteiger partial charge in [0.2, 0.25) is 0 Å². The first-order valence-corrected chi connectivity index (χ1v) is 8.98. The van der Waals surface area contributed by atoms with Crippen molar-refractivity contribution in [2.24, 2.45) is 11.8 Å². The summed E-state index contributed by atoms with van der Waals surface area (Å²) in [5, 5.41) is 4.45. The molecule has 1 aliphatic carbocycles. The Morgan fingerprint density at radius 3 is 1.79 bits per heavy atom. The second-order valence-corrected chi connectivity index (χ2v) is 6.43. The highest BCUT2D eigenvalue weighted by Crippen LogP contribution is 2.43. The summed E-state index contributed by atoms with van der Waals surface area (Å²) in [7, 11) is 0. The van der Waals surface area contributed by atoms with Gasteiger partial charge in [-0.1, -0.05) is 19.3 Å². The van der Waals surface area contributed by atoms with E-state index in [1.54, 1.807) is 13.8 Å². The smallest absolute Gasteiger partial charge is 0.336 e. The molecule has 2 rings (SSSR count). The monoisotopic (exact) mass is 334 g/mol. The van der Waals surface area contributed by atoms with Crippen LogP contribution < -0.4 is 5.32 Å². The normalized spacial score (nSPS) is 20.0. The number of hydrogen-bond acceptors (Lipinski definition) is 4. The summed E-state index contributed by atoms with van der Waals surface area (Å²) in [5.41, 5.74) is 2.40. The lowest BCUT2D eigenvalue weighted by Gasteiger charge is -2.36. The van der Waals surface area contributed by atoms with Gasteiger partial charge in [0.05, 0.1) is 24.4 Å². The lowest BCUT2D eigenvalue weighted by molar-refractivity contribution is -0.140. The van der Waals surface area contributed by atoms with Gasteiger partial charge in [-0.25, -0.2) is 9.59 Å². The highest BCUT2D eigenvalue weighted by Gasteiger charge is 2.42. The highest BCUT2D eigenvalue weighted by molar-refractivity contribution is 5.97. The summed E-state index contributed by atoms with van der Waals surface area (Å²) in [6.07, 6.45) is 5.49. The van der Waals surface area contributed by atoms with E-state index in [1.807, 2.05) is 13.8 Å². The first-order chi connectivity index (χ1) is 11.5. The number of rotatable bonds is 5. The maximum absolute atomic E-state index is 12.6. The summed E-state index contributed by atoms with van der Waals surface area (Å²) in [5.74, 6) is -0.717. The molecule has 0 aromatic rings. The quantitative estimate of drug-likeness (QED) is 0.722. The molecule has 5 nitrogen and oxygen atoms in total. The molecule has 0 unspecified atom stereocenters. The molecule has 133 valence electrons. The predicted octanol–water partition coefficient (Wildman–Crippen LogP) is 3.48. The van der Waals surface area contributed by atoms with E-state index in [2.05, 4.69) is 5.32 Å².